The number of amides is 1. The third-order valence-electron chi connectivity index (χ3n) is 4.67. The summed E-state index contributed by atoms with van der Waals surface area (Å²) in [6.45, 7) is 3.92. The number of hydrogen-bond acceptors (Lipinski definition) is 7. The number of nitrogen functional groups attached to an aromatic ring is 1. The van der Waals surface area contributed by atoms with Gasteiger partial charge in [0, 0.05) is 17.3 Å². The zero-order valence-electron chi connectivity index (χ0n) is 18.6. The number of carboxylic acids is 1. The molecule has 4 rings (SSSR count). The van der Waals surface area contributed by atoms with E-state index in [4.69, 9.17) is 25.1 Å². The standard InChI is InChI=1S/C21H20N4O3.C2HF3O2/c1-12-9-14(7-8-15(12)16-10-20(22)24-13(2)23-16)25-21(26)19-11-27-17-5-3-4-6-18(17)28-19;3-2(4,5)1(6)7/h3-10,19H,11H2,1-2H3,(H,25,26)(H2,22,23,24);(H,6,7). The average Bonchev–Trinajstić information content (AvgIpc) is 2.78. The number of halogens is 3. The number of anilines is 2. The van der Waals surface area contributed by atoms with E-state index < -0.39 is 18.2 Å². The van der Waals surface area contributed by atoms with Crippen LogP contribution in [0.4, 0.5) is 24.7 Å². The number of aliphatic carboxylic acids is 1. The summed E-state index contributed by atoms with van der Waals surface area (Å²) >= 11 is 0. The third-order valence-corrected chi connectivity index (χ3v) is 4.67. The van der Waals surface area contributed by atoms with Crippen LogP contribution in [0.1, 0.15) is 11.4 Å². The van der Waals surface area contributed by atoms with E-state index in [9.17, 15) is 18.0 Å². The van der Waals surface area contributed by atoms with Crippen LogP contribution in [0.5, 0.6) is 11.5 Å². The Hall–Kier alpha value is -4.35. The number of aromatic nitrogens is 2. The highest BCUT2D eigenvalue weighted by molar-refractivity contribution is 5.95. The minimum atomic E-state index is -5.08. The van der Waals surface area contributed by atoms with Crippen LogP contribution in [-0.4, -0.2) is 45.8 Å². The molecule has 0 radical (unpaired) electrons. The molecule has 0 saturated heterocycles. The smallest absolute Gasteiger partial charge is 0.485 e. The lowest BCUT2D eigenvalue weighted by atomic mass is 10.0. The first-order valence-corrected chi connectivity index (χ1v) is 10.2. The number of ether oxygens (including phenoxy) is 2. The molecule has 0 bridgehead atoms. The molecule has 0 saturated carbocycles. The van der Waals surface area contributed by atoms with Crippen LogP contribution in [0.15, 0.2) is 48.5 Å². The first-order chi connectivity index (χ1) is 16.4. The molecule has 1 amide bonds. The van der Waals surface area contributed by atoms with Crippen LogP contribution in [0, 0.1) is 13.8 Å². The van der Waals surface area contributed by atoms with E-state index in [-0.39, 0.29) is 12.5 Å². The topological polar surface area (TPSA) is 137 Å². The fourth-order valence-corrected chi connectivity index (χ4v) is 3.13. The molecule has 2 heterocycles. The summed E-state index contributed by atoms with van der Waals surface area (Å²) in [6.07, 6.45) is -5.79. The summed E-state index contributed by atoms with van der Waals surface area (Å²) in [6, 6.07) is 14.6. The molecule has 1 aromatic heterocycles. The molecule has 1 aliphatic heterocycles. The largest absolute Gasteiger partial charge is 0.490 e. The lowest BCUT2D eigenvalue weighted by Gasteiger charge is -2.25. The maximum atomic E-state index is 12.6. The quantitative estimate of drug-likeness (QED) is 0.505. The number of fused-ring (bicyclic) bond motifs is 1. The summed E-state index contributed by atoms with van der Waals surface area (Å²) in [5, 5.41) is 10.0. The van der Waals surface area contributed by atoms with E-state index in [2.05, 4.69) is 15.3 Å². The number of benzene rings is 2. The first kappa shape index (κ1) is 25.3. The van der Waals surface area contributed by atoms with Crippen molar-refractivity contribution in [3.63, 3.8) is 0 Å². The summed E-state index contributed by atoms with van der Waals surface area (Å²) in [5.41, 5.74) is 9.14. The number of alkyl halides is 3. The van der Waals surface area contributed by atoms with Crippen molar-refractivity contribution in [2.24, 2.45) is 0 Å². The van der Waals surface area contributed by atoms with E-state index in [1.54, 1.807) is 19.1 Å². The summed E-state index contributed by atoms with van der Waals surface area (Å²) < 4.78 is 43.1. The molecule has 12 heteroatoms. The number of nitrogens with two attached hydrogens (primary N) is 1. The molecule has 184 valence electrons. The van der Waals surface area contributed by atoms with Crippen LogP contribution in [0.25, 0.3) is 11.3 Å². The summed E-state index contributed by atoms with van der Waals surface area (Å²) in [4.78, 5) is 30.0. The molecule has 1 aliphatic rings. The van der Waals surface area contributed by atoms with Gasteiger partial charge in [-0.2, -0.15) is 13.2 Å². The lowest BCUT2D eigenvalue weighted by molar-refractivity contribution is -0.192. The molecule has 2 aromatic carbocycles. The number of nitrogens with one attached hydrogen (secondary N) is 1. The highest BCUT2D eigenvalue weighted by atomic mass is 19.4. The molecule has 0 aliphatic carbocycles. The van der Waals surface area contributed by atoms with Crippen molar-refractivity contribution >= 4 is 23.4 Å². The summed E-state index contributed by atoms with van der Waals surface area (Å²) in [7, 11) is 0. The number of carbonyl (C=O) groups excluding carboxylic acids is 1. The van der Waals surface area contributed by atoms with Gasteiger partial charge >= 0.3 is 12.1 Å². The fourth-order valence-electron chi connectivity index (χ4n) is 3.13. The van der Waals surface area contributed by atoms with Crippen LogP contribution in [0.3, 0.4) is 0 Å². The van der Waals surface area contributed by atoms with Gasteiger partial charge in [0.2, 0.25) is 6.10 Å². The second-order valence-corrected chi connectivity index (χ2v) is 7.41. The number of hydrogen-bond donors (Lipinski definition) is 3. The zero-order valence-corrected chi connectivity index (χ0v) is 18.6. The number of para-hydroxylation sites is 2. The number of rotatable bonds is 3. The maximum Gasteiger partial charge on any atom is 0.490 e. The Balaban J connectivity index is 0.000000429. The van der Waals surface area contributed by atoms with Gasteiger partial charge in [-0.3, -0.25) is 4.79 Å². The van der Waals surface area contributed by atoms with Crippen molar-refractivity contribution in [1.82, 2.24) is 9.97 Å². The van der Waals surface area contributed by atoms with E-state index in [1.165, 1.54) is 0 Å². The lowest BCUT2D eigenvalue weighted by Crippen LogP contribution is -2.40. The predicted molar refractivity (Wildman–Crippen MR) is 120 cm³/mol. The molecule has 3 aromatic rings. The number of nitrogens with zero attached hydrogens (tertiary/aromatic N) is 2. The monoisotopic (exact) mass is 490 g/mol. The second-order valence-electron chi connectivity index (χ2n) is 7.41. The van der Waals surface area contributed by atoms with E-state index in [0.717, 1.165) is 16.8 Å². The number of aryl methyl sites for hydroxylation is 2. The van der Waals surface area contributed by atoms with Gasteiger partial charge < -0.3 is 25.6 Å². The van der Waals surface area contributed by atoms with Gasteiger partial charge in [-0.1, -0.05) is 18.2 Å². The molecular formula is C23H21F3N4O5. The molecule has 0 fully saturated rings. The molecule has 35 heavy (non-hydrogen) atoms. The molecule has 1 atom stereocenters. The van der Waals surface area contributed by atoms with Crippen molar-refractivity contribution < 1.29 is 37.3 Å². The predicted octanol–water partition coefficient (Wildman–Crippen LogP) is 3.75. The number of carbonyl (C=O) groups is 2. The van der Waals surface area contributed by atoms with Crippen LogP contribution < -0.4 is 20.5 Å². The van der Waals surface area contributed by atoms with Gasteiger partial charge in [-0.05, 0) is 43.7 Å². The van der Waals surface area contributed by atoms with Gasteiger partial charge in [0.15, 0.2) is 11.5 Å². The summed E-state index contributed by atoms with van der Waals surface area (Å²) in [5.74, 6) is -0.768. The maximum absolute atomic E-state index is 12.6. The highest BCUT2D eigenvalue weighted by Gasteiger charge is 2.38. The average molecular weight is 490 g/mol. The second kappa shape index (κ2) is 10.3. The Labute approximate surface area is 197 Å². The van der Waals surface area contributed by atoms with Gasteiger partial charge in [-0.25, -0.2) is 14.8 Å². The van der Waals surface area contributed by atoms with Crippen LogP contribution in [-0.2, 0) is 9.59 Å². The van der Waals surface area contributed by atoms with E-state index >= 15 is 0 Å². The van der Waals surface area contributed by atoms with Gasteiger partial charge in [0.05, 0.1) is 5.69 Å². The van der Waals surface area contributed by atoms with Crippen molar-refractivity contribution in [3.05, 3.63) is 59.9 Å². The van der Waals surface area contributed by atoms with E-state index in [0.29, 0.717) is 28.8 Å². The third kappa shape index (κ3) is 6.59. The Kier molecular flexibility index (Phi) is 7.43. The fraction of sp³-hybridized carbons (Fsp3) is 0.217. The van der Waals surface area contributed by atoms with Gasteiger partial charge in [-0.15, -0.1) is 0 Å². The molecule has 4 N–H and O–H groups in total. The SMILES string of the molecule is Cc1nc(N)cc(-c2ccc(NC(=O)C3COc4ccccc4O3)cc2C)n1.O=C(O)C(F)(F)F. The van der Waals surface area contributed by atoms with Crippen molar-refractivity contribution in [2.45, 2.75) is 26.1 Å². The molecule has 9 nitrogen and oxygen atoms in total. The van der Waals surface area contributed by atoms with Gasteiger partial charge in [0.25, 0.3) is 5.91 Å². The number of carboxylic acid groups (broad SMARTS) is 1. The Morgan fingerprint density at radius 2 is 1.74 bits per heavy atom. The van der Waals surface area contributed by atoms with E-state index in [1.807, 2.05) is 43.3 Å². The highest BCUT2D eigenvalue weighted by Crippen LogP contribution is 2.31. The van der Waals surface area contributed by atoms with Crippen molar-refractivity contribution in [2.75, 3.05) is 17.7 Å². The Bertz CT molecular complexity index is 1230. The molecular weight excluding hydrogens is 469 g/mol. The molecule has 0 spiro atoms. The van der Waals surface area contributed by atoms with Gasteiger partial charge in [0.1, 0.15) is 18.2 Å². The molecule has 1 unspecified atom stereocenters. The van der Waals surface area contributed by atoms with Crippen molar-refractivity contribution in [3.8, 4) is 22.8 Å². The first-order valence-electron chi connectivity index (χ1n) is 10.2. The van der Waals surface area contributed by atoms with Crippen LogP contribution >= 0.6 is 0 Å². The van der Waals surface area contributed by atoms with Crippen molar-refractivity contribution in [1.29, 1.82) is 0 Å². The Morgan fingerprint density at radius 3 is 2.34 bits per heavy atom. The Morgan fingerprint density at radius 1 is 1.09 bits per heavy atom. The zero-order chi connectivity index (χ0) is 25.8. The minimum absolute atomic E-state index is 0.166. The minimum Gasteiger partial charge on any atom is -0.485 e. The normalized spacial score (nSPS) is 14.4. The van der Waals surface area contributed by atoms with Crippen LogP contribution in [0.2, 0.25) is 0 Å².